The molecular weight excluding hydrogens is 226 g/mol. The summed E-state index contributed by atoms with van der Waals surface area (Å²) in [4.78, 5) is 11.2. The van der Waals surface area contributed by atoms with Gasteiger partial charge in [-0.3, -0.25) is 0 Å². The van der Waals surface area contributed by atoms with Crippen LogP contribution < -0.4 is 4.72 Å². The lowest BCUT2D eigenvalue weighted by Gasteiger charge is -2.05. The molecule has 1 fully saturated rings. The van der Waals surface area contributed by atoms with Gasteiger partial charge in [-0.1, -0.05) is 30.3 Å². The molecular formula is C11H13NO3S. The van der Waals surface area contributed by atoms with E-state index >= 15 is 0 Å². The largest absolute Gasteiger partial charge is 0.444 e. The second kappa shape index (κ2) is 5.12. The van der Waals surface area contributed by atoms with Gasteiger partial charge in [0, 0.05) is 0 Å². The predicted octanol–water partition coefficient (Wildman–Crippen LogP) is 1.74. The molecule has 1 atom stereocenters. The van der Waals surface area contributed by atoms with Crippen molar-refractivity contribution in [1.82, 2.24) is 4.72 Å². The number of nitrogens with one attached hydrogen (secondary N) is 1. The van der Waals surface area contributed by atoms with Gasteiger partial charge in [-0.2, -0.15) is 0 Å². The lowest BCUT2D eigenvalue weighted by atomic mass is 10.2. The van der Waals surface area contributed by atoms with Crippen LogP contribution in [-0.2, 0) is 22.3 Å². The van der Waals surface area contributed by atoms with E-state index in [1.807, 2.05) is 30.3 Å². The molecule has 4 nitrogen and oxygen atoms in total. The molecule has 16 heavy (non-hydrogen) atoms. The predicted molar refractivity (Wildman–Crippen MR) is 60.9 cm³/mol. The zero-order valence-electron chi connectivity index (χ0n) is 8.72. The number of hydrogen-bond donors (Lipinski definition) is 1. The van der Waals surface area contributed by atoms with Crippen molar-refractivity contribution in [1.29, 1.82) is 0 Å². The Balaban J connectivity index is 1.73. The van der Waals surface area contributed by atoms with Gasteiger partial charge in [-0.15, -0.1) is 0 Å². The van der Waals surface area contributed by atoms with E-state index in [-0.39, 0.29) is 11.9 Å². The number of ether oxygens (including phenoxy) is 1. The van der Waals surface area contributed by atoms with Gasteiger partial charge in [0.25, 0.3) is 0 Å². The topological polar surface area (TPSA) is 55.4 Å². The molecule has 0 heterocycles. The Morgan fingerprint density at radius 1 is 1.38 bits per heavy atom. The number of carbonyl (C=O) groups excluding carboxylic acids is 1. The van der Waals surface area contributed by atoms with E-state index in [0.29, 0.717) is 0 Å². The maximum Gasteiger partial charge on any atom is 0.419 e. The molecule has 0 aromatic heterocycles. The summed E-state index contributed by atoms with van der Waals surface area (Å²) in [5, 5.41) is 0.129. The standard InChI is InChI=1S/C11H13NO3S/c13-11(12-16(14)10-6-7-10)15-8-9-4-2-1-3-5-9/h1-5,10H,6-8H2,(H,12,13). The highest BCUT2D eigenvalue weighted by Crippen LogP contribution is 2.24. The number of hydrogen-bond acceptors (Lipinski definition) is 3. The fourth-order valence-electron chi connectivity index (χ4n) is 1.20. The van der Waals surface area contributed by atoms with Crippen LogP contribution in [0.3, 0.4) is 0 Å². The lowest BCUT2D eigenvalue weighted by Crippen LogP contribution is -2.28. The van der Waals surface area contributed by atoms with Crippen molar-refractivity contribution in [3.8, 4) is 0 Å². The lowest BCUT2D eigenvalue weighted by molar-refractivity contribution is 0.146. The van der Waals surface area contributed by atoms with Gasteiger partial charge in [0.2, 0.25) is 0 Å². The highest BCUT2D eigenvalue weighted by molar-refractivity contribution is 7.84. The molecule has 1 aliphatic rings. The number of benzene rings is 1. The second-order valence-corrected chi connectivity index (χ2v) is 5.13. The molecule has 0 saturated heterocycles. The SMILES string of the molecule is O=C(NS(=O)C1CC1)OCc1ccccc1. The van der Waals surface area contributed by atoms with Gasteiger partial charge < -0.3 is 4.74 Å². The van der Waals surface area contributed by atoms with Crippen molar-refractivity contribution < 1.29 is 13.7 Å². The van der Waals surface area contributed by atoms with Gasteiger partial charge >= 0.3 is 6.09 Å². The molecule has 2 rings (SSSR count). The van der Waals surface area contributed by atoms with Crippen molar-refractivity contribution in [2.45, 2.75) is 24.7 Å². The molecule has 1 aromatic carbocycles. The van der Waals surface area contributed by atoms with E-state index < -0.39 is 17.1 Å². The summed E-state index contributed by atoms with van der Waals surface area (Å²) >= 11 is 0. The van der Waals surface area contributed by atoms with Gasteiger partial charge in [0.05, 0.1) is 5.25 Å². The van der Waals surface area contributed by atoms with Crippen molar-refractivity contribution in [3.63, 3.8) is 0 Å². The van der Waals surface area contributed by atoms with Gasteiger partial charge in [0.15, 0.2) is 0 Å². The summed E-state index contributed by atoms with van der Waals surface area (Å²) in [5.74, 6) is 0. The number of rotatable bonds is 4. The summed E-state index contributed by atoms with van der Waals surface area (Å²) in [5.41, 5.74) is 0.912. The van der Waals surface area contributed by atoms with Crippen molar-refractivity contribution in [2.24, 2.45) is 0 Å². The monoisotopic (exact) mass is 239 g/mol. The van der Waals surface area contributed by atoms with Crippen LogP contribution in [0.2, 0.25) is 0 Å². The number of amides is 1. The zero-order chi connectivity index (χ0) is 11.4. The first-order chi connectivity index (χ1) is 7.75. The molecule has 1 unspecified atom stereocenters. The van der Waals surface area contributed by atoms with Crippen molar-refractivity contribution in [2.75, 3.05) is 0 Å². The summed E-state index contributed by atoms with van der Waals surface area (Å²) in [6.45, 7) is 0.203. The third-order valence-electron chi connectivity index (χ3n) is 2.22. The molecule has 1 aromatic rings. The second-order valence-electron chi connectivity index (χ2n) is 3.66. The highest BCUT2D eigenvalue weighted by Gasteiger charge is 2.29. The Kier molecular flexibility index (Phi) is 3.56. The average Bonchev–Trinajstić information content (AvgIpc) is 3.11. The Bertz CT molecular complexity index is 389. The smallest absolute Gasteiger partial charge is 0.419 e. The Morgan fingerprint density at radius 3 is 2.69 bits per heavy atom. The molecule has 1 aliphatic carbocycles. The summed E-state index contributed by atoms with van der Waals surface area (Å²) in [6.07, 6.45) is 1.23. The van der Waals surface area contributed by atoms with Crippen LogP contribution in [0, 0.1) is 0 Å². The van der Waals surface area contributed by atoms with E-state index in [4.69, 9.17) is 4.74 Å². The molecule has 1 amide bonds. The maximum atomic E-state index is 11.3. The Labute approximate surface area is 96.6 Å². The van der Waals surface area contributed by atoms with Crippen LogP contribution >= 0.6 is 0 Å². The van der Waals surface area contributed by atoms with E-state index in [0.717, 1.165) is 18.4 Å². The third kappa shape index (κ3) is 3.34. The average molecular weight is 239 g/mol. The molecule has 1 N–H and O–H groups in total. The highest BCUT2D eigenvalue weighted by atomic mass is 32.2. The van der Waals surface area contributed by atoms with E-state index in [9.17, 15) is 9.00 Å². The Hall–Kier alpha value is -1.36. The number of carbonyl (C=O) groups is 1. The molecule has 1 saturated carbocycles. The van der Waals surface area contributed by atoms with Crippen LogP contribution in [0.5, 0.6) is 0 Å². The fraction of sp³-hybridized carbons (Fsp3) is 0.364. The van der Waals surface area contributed by atoms with E-state index in [2.05, 4.69) is 4.72 Å². The fourth-order valence-corrected chi connectivity index (χ4v) is 2.15. The first-order valence-electron chi connectivity index (χ1n) is 5.13. The minimum atomic E-state index is -1.27. The van der Waals surface area contributed by atoms with E-state index in [1.165, 1.54) is 0 Å². The van der Waals surface area contributed by atoms with Gasteiger partial charge in [-0.25, -0.2) is 13.7 Å². The molecule has 0 aliphatic heterocycles. The van der Waals surface area contributed by atoms with Crippen LogP contribution in [0.15, 0.2) is 30.3 Å². The van der Waals surface area contributed by atoms with Gasteiger partial charge in [-0.05, 0) is 18.4 Å². The molecule has 0 bridgehead atoms. The molecule has 0 spiro atoms. The molecule has 0 radical (unpaired) electrons. The van der Waals surface area contributed by atoms with Crippen LogP contribution in [0.4, 0.5) is 4.79 Å². The van der Waals surface area contributed by atoms with Crippen LogP contribution in [0.25, 0.3) is 0 Å². The van der Waals surface area contributed by atoms with Crippen molar-refractivity contribution >= 4 is 17.1 Å². The first-order valence-corrected chi connectivity index (χ1v) is 6.35. The summed E-state index contributed by atoms with van der Waals surface area (Å²) in [7, 11) is -1.27. The maximum absolute atomic E-state index is 11.3. The third-order valence-corrected chi connectivity index (χ3v) is 3.67. The first kappa shape index (κ1) is 11.1. The van der Waals surface area contributed by atoms with Crippen LogP contribution in [-0.4, -0.2) is 15.6 Å². The van der Waals surface area contributed by atoms with Crippen molar-refractivity contribution in [3.05, 3.63) is 35.9 Å². The normalized spacial score (nSPS) is 16.5. The molecule has 86 valence electrons. The minimum absolute atomic E-state index is 0.129. The summed E-state index contributed by atoms with van der Waals surface area (Å²) in [6, 6.07) is 9.37. The minimum Gasteiger partial charge on any atom is -0.444 e. The Morgan fingerprint density at radius 2 is 2.06 bits per heavy atom. The molecule has 5 heteroatoms. The van der Waals surface area contributed by atoms with Gasteiger partial charge in [0.1, 0.15) is 17.6 Å². The van der Waals surface area contributed by atoms with Crippen LogP contribution in [0.1, 0.15) is 18.4 Å². The van der Waals surface area contributed by atoms with E-state index in [1.54, 1.807) is 0 Å². The zero-order valence-corrected chi connectivity index (χ0v) is 9.53. The quantitative estimate of drug-likeness (QED) is 0.870. The summed E-state index contributed by atoms with van der Waals surface area (Å²) < 4.78 is 18.6.